The van der Waals surface area contributed by atoms with E-state index >= 15 is 0 Å². The van der Waals surface area contributed by atoms with Gasteiger partial charge >= 0.3 is 0 Å². The molecule has 7 nitrogen and oxygen atoms in total. The van der Waals surface area contributed by atoms with Crippen molar-refractivity contribution in [2.24, 2.45) is 0 Å². The van der Waals surface area contributed by atoms with Gasteiger partial charge < -0.3 is 15.1 Å². The molecular weight excluding hydrogens is 487 g/mol. The number of carbonyl (C=O) groups excluding carboxylic acids is 3. The van der Waals surface area contributed by atoms with Gasteiger partial charge in [0.1, 0.15) is 12.6 Å². The molecule has 0 radical (unpaired) electrons. The van der Waals surface area contributed by atoms with Crippen molar-refractivity contribution >= 4 is 41.7 Å². The second-order valence-corrected chi connectivity index (χ2v) is 9.29. The van der Waals surface area contributed by atoms with Crippen molar-refractivity contribution in [2.75, 3.05) is 59.9 Å². The molecule has 1 amide bonds. The van der Waals surface area contributed by atoms with Crippen molar-refractivity contribution in [3.05, 3.63) is 69.7 Å². The highest BCUT2D eigenvalue weighted by Crippen LogP contribution is 2.21. The molecule has 2 aromatic carbocycles. The molecule has 2 fully saturated rings. The second kappa shape index (κ2) is 15.7. The highest BCUT2D eigenvalue weighted by atomic mass is 35.5. The largest absolute Gasteiger partial charge is 0.340 e. The fraction of sp³-hybridized carbons (Fsp3) is 0.423. The Kier molecular flexibility index (Phi) is 12.9. The fourth-order valence-corrected chi connectivity index (χ4v) is 4.14. The Hall–Kier alpha value is -2.29. The molecule has 1 atom stereocenters. The van der Waals surface area contributed by atoms with Crippen LogP contribution in [-0.2, 0) is 4.79 Å². The molecule has 4 rings (SSSR count). The smallest absolute Gasteiger partial charge is 0.236 e. The minimum atomic E-state index is 0.240. The van der Waals surface area contributed by atoms with Crippen LogP contribution in [0.4, 0.5) is 0 Å². The molecule has 9 heteroatoms. The highest BCUT2D eigenvalue weighted by molar-refractivity contribution is 6.42. The quantitative estimate of drug-likeness (QED) is 0.609. The Labute approximate surface area is 218 Å². The lowest BCUT2D eigenvalue weighted by molar-refractivity contribution is -0.129. The molecule has 2 heterocycles. The first kappa shape index (κ1) is 28.9. The summed E-state index contributed by atoms with van der Waals surface area (Å²) in [5.41, 5.74) is 1.27. The maximum Gasteiger partial charge on any atom is 0.236 e. The lowest BCUT2D eigenvalue weighted by Crippen LogP contribution is -2.50. The number of hydrogen-bond donors (Lipinski definition) is 1. The van der Waals surface area contributed by atoms with Crippen LogP contribution in [0.15, 0.2) is 48.5 Å². The monoisotopic (exact) mass is 520 g/mol. The van der Waals surface area contributed by atoms with Gasteiger partial charge in [-0.1, -0.05) is 59.6 Å². The van der Waals surface area contributed by atoms with Crippen molar-refractivity contribution in [3.8, 4) is 0 Å². The molecule has 0 aromatic heterocycles. The summed E-state index contributed by atoms with van der Waals surface area (Å²) in [6.07, 6.45) is 2.70. The van der Waals surface area contributed by atoms with Gasteiger partial charge in [-0.2, -0.15) is 0 Å². The van der Waals surface area contributed by atoms with Gasteiger partial charge in [-0.05, 0) is 32.6 Å². The number of likely N-dealkylation sites (tertiary alicyclic amines) is 1. The highest BCUT2D eigenvalue weighted by Gasteiger charge is 2.31. The molecule has 2 aromatic rings. The number of hydrogen-bond acceptors (Lipinski definition) is 6. The van der Waals surface area contributed by atoms with Crippen LogP contribution in [0, 0.1) is 0 Å². The average Bonchev–Trinajstić information content (AvgIpc) is 3.38. The van der Waals surface area contributed by atoms with Crippen LogP contribution in [0.2, 0.25) is 10.0 Å². The van der Waals surface area contributed by atoms with Gasteiger partial charge in [0.15, 0.2) is 0 Å². The second-order valence-electron chi connectivity index (χ2n) is 8.47. The van der Waals surface area contributed by atoms with Crippen molar-refractivity contribution < 1.29 is 14.4 Å². The van der Waals surface area contributed by atoms with Crippen LogP contribution in [0.5, 0.6) is 0 Å². The van der Waals surface area contributed by atoms with E-state index < -0.39 is 0 Å². The summed E-state index contributed by atoms with van der Waals surface area (Å²) in [5, 5.41) is 3.81. The van der Waals surface area contributed by atoms with Gasteiger partial charge in [0, 0.05) is 56.4 Å². The molecule has 1 unspecified atom stereocenters. The number of aldehydes is 2. The molecule has 0 aliphatic carbocycles. The third-order valence-electron chi connectivity index (χ3n) is 5.91. The van der Waals surface area contributed by atoms with E-state index in [1.165, 1.54) is 6.07 Å². The van der Waals surface area contributed by atoms with E-state index in [0.29, 0.717) is 28.2 Å². The number of likely N-dealkylation sites (N-methyl/N-ethyl adjacent to an activating group) is 2. The minimum absolute atomic E-state index is 0.240. The summed E-state index contributed by atoms with van der Waals surface area (Å²) in [7, 11) is 4.00. The minimum Gasteiger partial charge on any atom is -0.340 e. The maximum atomic E-state index is 11.8. The van der Waals surface area contributed by atoms with Gasteiger partial charge in [0.05, 0.1) is 16.6 Å². The number of piperazine rings is 1. The molecule has 0 saturated carbocycles. The molecule has 35 heavy (non-hydrogen) atoms. The lowest BCUT2D eigenvalue weighted by Gasteiger charge is -2.36. The van der Waals surface area contributed by atoms with Gasteiger partial charge in [-0.3, -0.25) is 19.3 Å². The fourth-order valence-electron chi connectivity index (χ4n) is 3.83. The number of rotatable bonds is 5. The Morgan fingerprint density at radius 3 is 2.14 bits per heavy atom. The summed E-state index contributed by atoms with van der Waals surface area (Å²) < 4.78 is 0. The van der Waals surface area contributed by atoms with Crippen molar-refractivity contribution in [2.45, 2.75) is 12.5 Å². The Balaban J connectivity index is 0.000000204. The number of halogens is 2. The van der Waals surface area contributed by atoms with E-state index in [0.717, 1.165) is 63.8 Å². The Bertz CT molecular complexity index is 937. The Morgan fingerprint density at radius 1 is 0.943 bits per heavy atom. The first-order valence-electron chi connectivity index (χ1n) is 11.6. The zero-order valence-electron chi connectivity index (χ0n) is 20.3. The zero-order valence-corrected chi connectivity index (χ0v) is 21.8. The Morgan fingerprint density at radius 2 is 1.60 bits per heavy atom. The normalized spacial score (nSPS) is 18.1. The lowest BCUT2D eigenvalue weighted by atomic mass is 10.2. The van der Waals surface area contributed by atoms with Crippen LogP contribution < -0.4 is 5.32 Å². The number of nitrogens with zero attached hydrogens (tertiary/aromatic N) is 3. The number of amides is 1. The third-order valence-corrected chi connectivity index (χ3v) is 6.65. The van der Waals surface area contributed by atoms with E-state index in [4.69, 9.17) is 23.2 Å². The molecule has 1 N–H and O–H groups in total. The number of carbonyl (C=O) groups is 3. The summed E-state index contributed by atoms with van der Waals surface area (Å²) in [6, 6.07) is 14.4. The maximum absolute atomic E-state index is 11.8. The van der Waals surface area contributed by atoms with Crippen LogP contribution >= 0.6 is 23.2 Å². The first-order chi connectivity index (χ1) is 16.9. The molecule has 190 valence electrons. The van der Waals surface area contributed by atoms with Gasteiger partial charge in [0.25, 0.3) is 0 Å². The van der Waals surface area contributed by atoms with E-state index in [9.17, 15) is 14.4 Å². The van der Waals surface area contributed by atoms with Crippen LogP contribution in [0.3, 0.4) is 0 Å². The van der Waals surface area contributed by atoms with Crippen LogP contribution in [0.1, 0.15) is 27.1 Å². The third kappa shape index (κ3) is 10.1. The molecule has 2 aliphatic heterocycles. The molecule has 2 saturated heterocycles. The topological polar surface area (TPSA) is 73.0 Å². The van der Waals surface area contributed by atoms with E-state index in [2.05, 4.69) is 22.2 Å². The number of benzene rings is 2. The van der Waals surface area contributed by atoms with Gasteiger partial charge in [-0.25, -0.2) is 0 Å². The standard InChI is InChI=1S/C12H24N4O.C7H4Cl2O.C7H6O/c1-13-9-12(17)16-4-3-11(10-16)15-7-5-14(2)6-8-15;8-6-2-1-5(4-10)3-7(6)9;8-6-7-4-2-1-3-5-7/h11,13H,3-10H2,1-2H3;1-4H;1-6H. The van der Waals surface area contributed by atoms with E-state index in [1.807, 2.05) is 30.1 Å². The van der Waals surface area contributed by atoms with E-state index in [-0.39, 0.29) is 5.91 Å². The predicted molar refractivity (Wildman–Crippen MR) is 142 cm³/mol. The SMILES string of the molecule is CNCC(=O)N1CCC(N2CCN(C)CC2)C1.O=Cc1ccc(Cl)c(Cl)c1.O=Cc1ccccc1. The van der Waals surface area contributed by atoms with Crippen molar-refractivity contribution in [1.29, 1.82) is 0 Å². The summed E-state index contributed by atoms with van der Waals surface area (Å²) in [4.78, 5) is 38.9. The zero-order chi connectivity index (χ0) is 25.6. The molecule has 0 bridgehead atoms. The van der Waals surface area contributed by atoms with E-state index in [1.54, 1.807) is 24.3 Å². The summed E-state index contributed by atoms with van der Waals surface area (Å²) >= 11 is 11.2. The van der Waals surface area contributed by atoms with Crippen LogP contribution in [-0.4, -0.2) is 99.1 Å². The van der Waals surface area contributed by atoms with Gasteiger partial charge in [0.2, 0.25) is 5.91 Å². The summed E-state index contributed by atoms with van der Waals surface area (Å²) in [5.74, 6) is 0.240. The van der Waals surface area contributed by atoms with Crippen LogP contribution in [0.25, 0.3) is 0 Å². The van der Waals surface area contributed by atoms with Crippen molar-refractivity contribution in [3.63, 3.8) is 0 Å². The molecule has 0 spiro atoms. The van der Waals surface area contributed by atoms with Crippen molar-refractivity contribution in [1.82, 2.24) is 20.0 Å². The molecular formula is C26H34Cl2N4O3. The predicted octanol–water partition coefficient (Wildman–Crippen LogP) is 3.36. The molecule has 2 aliphatic rings. The number of nitrogens with one attached hydrogen (secondary N) is 1. The van der Waals surface area contributed by atoms with Gasteiger partial charge in [-0.15, -0.1) is 0 Å². The first-order valence-corrected chi connectivity index (χ1v) is 12.4. The average molecular weight is 521 g/mol. The summed E-state index contributed by atoms with van der Waals surface area (Å²) in [6.45, 7) is 6.92.